The van der Waals surface area contributed by atoms with Crippen LogP contribution in [0.4, 0.5) is 5.69 Å². The first kappa shape index (κ1) is 18.6. The van der Waals surface area contributed by atoms with Gasteiger partial charge in [-0.05, 0) is 48.2 Å². The number of carbonyl (C=O) groups excluding carboxylic acids is 2. The molecule has 6 heteroatoms. The van der Waals surface area contributed by atoms with Gasteiger partial charge in [0.25, 0.3) is 0 Å². The summed E-state index contributed by atoms with van der Waals surface area (Å²) in [5, 5.41) is 3.02. The average molecular weight is 445 g/mol. The highest BCUT2D eigenvalue weighted by atomic mass is 79.9. The number of hydrogen-bond donors (Lipinski definition) is 1. The van der Waals surface area contributed by atoms with Crippen LogP contribution in [0.25, 0.3) is 0 Å². The van der Waals surface area contributed by atoms with E-state index in [1.54, 1.807) is 11.8 Å². The average Bonchev–Trinajstić information content (AvgIpc) is 3.22. The molecule has 4 nitrogen and oxygen atoms in total. The summed E-state index contributed by atoms with van der Waals surface area (Å²) in [4.78, 5) is 27.1. The second-order valence-electron chi connectivity index (χ2n) is 6.92. The fourth-order valence-corrected chi connectivity index (χ4v) is 5.86. The summed E-state index contributed by atoms with van der Waals surface area (Å²) in [5.74, 6) is 0.566. The van der Waals surface area contributed by atoms with Crippen LogP contribution in [0.2, 0.25) is 0 Å². The number of amides is 2. The zero-order chi connectivity index (χ0) is 19.0. The maximum atomic E-state index is 13.0. The van der Waals surface area contributed by atoms with Crippen LogP contribution >= 0.6 is 27.7 Å². The molecule has 0 radical (unpaired) electrons. The third kappa shape index (κ3) is 3.29. The van der Waals surface area contributed by atoms with Gasteiger partial charge in [-0.1, -0.05) is 47.1 Å². The van der Waals surface area contributed by atoms with Gasteiger partial charge in [-0.25, -0.2) is 0 Å². The molecule has 2 heterocycles. The smallest absolute Gasteiger partial charge is 0.248 e. The molecule has 140 valence electrons. The molecular weight excluding hydrogens is 424 g/mol. The van der Waals surface area contributed by atoms with E-state index in [0.29, 0.717) is 12.2 Å². The van der Waals surface area contributed by atoms with Crippen LogP contribution in [0.1, 0.15) is 30.9 Å². The minimum absolute atomic E-state index is 0.0605. The summed E-state index contributed by atoms with van der Waals surface area (Å²) < 4.78 is 1.01. The molecule has 4 rings (SSSR count). The van der Waals surface area contributed by atoms with E-state index in [9.17, 15) is 9.59 Å². The first-order valence-corrected chi connectivity index (χ1v) is 10.9. The second-order valence-corrected chi connectivity index (χ2v) is 9.14. The van der Waals surface area contributed by atoms with Gasteiger partial charge in [0.15, 0.2) is 0 Å². The maximum absolute atomic E-state index is 13.0. The second kappa shape index (κ2) is 7.32. The number of nitrogens with one attached hydrogen (secondary N) is 1. The van der Waals surface area contributed by atoms with Crippen molar-refractivity contribution in [3.05, 3.63) is 64.1 Å². The molecule has 2 aliphatic heterocycles. The number of halogens is 1. The molecule has 2 aliphatic rings. The van der Waals surface area contributed by atoms with Crippen LogP contribution in [0, 0.1) is 0 Å². The minimum atomic E-state index is -0.445. The summed E-state index contributed by atoms with van der Waals surface area (Å²) in [6, 6.07) is 15.5. The number of aryl methyl sites for hydroxylation is 1. The molecule has 0 spiro atoms. The number of anilines is 1. The van der Waals surface area contributed by atoms with Gasteiger partial charge < -0.3 is 10.2 Å². The topological polar surface area (TPSA) is 49.4 Å². The molecule has 0 unspecified atom stereocenters. The molecule has 2 amide bonds. The summed E-state index contributed by atoms with van der Waals surface area (Å²) in [6.45, 7) is 2.09. The molecule has 0 aromatic heterocycles. The monoisotopic (exact) mass is 444 g/mol. The Hall–Kier alpha value is -1.79. The van der Waals surface area contributed by atoms with Crippen molar-refractivity contribution < 1.29 is 9.59 Å². The van der Waals surface area contributed by atoms with Gasteiger partial charge in [0.05, 0.1) is 0 Å². The largest absolute Gasteiger partial charge is 0.324 e. The van der Waals surface area contributed by atoms with Crippen LogP contribution < -0.4 is 5.32 Å². The molecule has 2 atom stereocenters. The summed E-state index contributed by atoms with van der Waals surface area (Å²) in [5.41, 5.74) is 3.05. The zero-order valence-corrected chi connectivity index (χ0v) is 17.5. The lowest BCUT2D eigenvalue weighted by molar-refractivity contribution is -0.136. The first-order valence-electron chi connectivity index (χ1n) is 9.15. The van der Waals surface area contributed by atoms with Crippen molar-refractivity contribution >= 4 is 45.2 Å². The zero-order valence-electron chi connectivity index (χ0n) is 15.1. The standard InChI is InChI=1S/C21H21BrN2O2S/c1-2-14-4-3-5-17(12-14)23-20(26)18-13-27-21(11-10-19(25)24(18)21)15-6-8-16(22)9-7-15/h3-9,12,18H,2,10-11,13H2,1H3,(H,23,26)/t18-,21+/m1/s1. The Labute approximate surface area is 171 Å². The predicted octanol–water partition coefficient (Wildman–Crippen LogP) is 4.54. The highest BCUT2D eigenvalue weighted by Gasteiger charge is 2.56. The summed E-state index contributed by atoms with van der Waals surface area (Å²) in [6.07, 6.45) is 2.14. The van der Waals surface area contributed by atoms with E-state index in [1.807, 2.05) is 53.4 Å². The van der Waals surface area contributed by atoms with Gasteiger partial charge in [0.2, 0.25) is 11.8 Å². The van der Waals surface area contributed by atoms with Crippen molar-refractivity contribution in [3.63, 3.8) is 0 Å². The van der Waals surface area contributed by atoms with Gasteiger partial charge in [0, 0.05) is 22.3 Å². The molecular formula is C21H21BrN2O2S. The van der Waals surface area contributed by atoms with Crippen molar-refractivity contribution in [1.29, 1.82) is 0 Å². The van der Waals surface area contributed by atoms with Gasteiger partial charge in [-0.2, -0.15) is 0 Å². The van der Waals surface area contributed by atoms with Crippen LogP contribution in [0.15, 0.2) is 53.0 Å². The van der Waals surface area contributed by atoms with Crippen molar-refractivity contribution in [2.75, 3.05) is 11.1 Å². The Morgan fingerprint density at radius 3 is 2.81 bits per heavy atom. The number of hydrogen-bond acceptors (Lipinski definition) is 3. The molecule has 0 bridgehead atoms. The maximum Gasteiger partial charge on any atom is 0.248 e. The lowest BCUT2D eigenvalue weighted by Crippen LogP contribution is -2.48. The van der Waals surface area contributed by atoms with Crippen molar-refractivity contribution in [1.82, 2.24) is 4.90 Å². The lowest BCUT2D eigenvalue weighted by Gasteiger charge is -2.34. The number of fused-ring (bicyclic) bond motifs is 1. The lowest BCUT2D eigenvalue weighted by atomic mass is 10.0. The minimum Gasteiger partial charge on any atom is -0.324 e. The van der Waals surface area contributed by atoms with Crippen LogP contribution in [-0.4, -0.2) is 28.5 Å². The van der Waals surface area contributed by atoms with E-state index < -0.39 is 10.9 Å². The Balaban J connectivity index is 1.60. The van der Waals surface area contributed by atoms with E-state index in [-0.39, 0.29) is 11.8 Å². The van der Waals surface area contributed by atoms with Crippen molar-refractivity contribution in [3.8, 4) is 0 Å². The van der Waals surface area contributed by atoms with Gasteiger partial charge in [-0.15, -0.1) is 11.8 Å². The molecule has 0 aliphatic carbocycles. The number of thioether (sulfide) groups is 1. The molecule has 0 saturated carbocycles. The highest BCUT2D eigenvalue weighted by molar-refractivity contribution is 9.10. The number of benzene rings is 2. The molecule has 2 fully saturated rings. The number of nitrogens with zero attached hydrogens (tertiary/aromatic N) is 1. The summed E-state index contributed by atoms with van der Waals surface area (Å²) >= 11 is 5.18. The Kier molecular flexibility index (Phi) is 5.03. The number of carbonyl (C=O) groups is 2. The third-order valence-corrected chi connectivity index (χ3v) is 7.45. The third-order valence-electron chi connectivity index (χ3n) is 5.33. The Morgan fingerprint density at radius 2 is 2.07 bits per heavy atom. The number of rotatable bonds is 4. The molecule has 1 N–H and O–H groups in total. The SMILES string of the molecule is CCc1cccc(NC(=O)[C@H]2CS[C@]3(c4ccc(Br)cc4)CCC(=O)N23)c1. The molecule has 27 heavy (non-hydrogen) atoms. The van der Waals surface area contributed by atoms with Crippen LogP contribution in [-0.2, 0) is 20.9 Å². The van der Waals surface area contributed by atoms with E-state index in [2.05, 4.69) is 28.2 Å². The Morgan fingerprint density at radius 1 is 1.30 bits per heavy atom. The fourth-order valence-electron chi connectivity index (χ4n) is 3.94. The molecule has 2 aromatic carbocycles. The fraction of sp³-hybridized carbons (Fsp3) is 0.333. The van der Waals surface area contributed by atoms with E-state index in [0.717, 1.165) is 28.6 Å². The molecule has 2 aromatic rings. The van der Waals surface area contributed by atoms with Crippen molar-refractivity contribution in [2.24, 2.45) is 0 Å². The van der Waals surface area contributed by atoms with Gasteiger partial charge in [0.1, 0.15) is 10.9 Å². The van der Waals surface area contributed by atoms with Crippen molar-refractivity contribution in [2.45, 2.75) is 37.1 Å². The Bertz CT molecular complexity index is 886. The molecule has 2 saturated heterocycles. The first-order chi connectivity index (χ1) is 13.0. The van der Waals surface area contributed by atoms with E-state index in [4.69, 9.17) is 0 Å². The van der Waals surface area contributed by atoms with Crippen LogP contribution in [0.5, 0.6) is 0 Å². The van der Waals surface area contributed by atoms with E-state index in [1.165, 1.54) is 5.56 Å². The van der Waals surface area contributed by atoms with Gasteiger partial charge in [-0.3, -0.25) is 9.59 Å². The highest BCUT2D eigenvalue weighted by Crippen LogP contribution is 2.54. The van der Waals surface area contributed by atoms with Crippen LogP contribution in [0.3, 0.4) is 0 Å². The summed E-state index contributed by atoms with van der Waals surface area (Å²) in [7, 11) is 0. The van der Waals surface area contributed by atoms with E-state index >= 15 is 0 Å². The normalized spacial score (nSPS) is 24.1. The van der Waals surface area contributed by atoms with Gasteiger partial charge >= 0.3 is 0 Å². The quantitative estimate of drug-likeness (QED) is 0.752. The predicted molar refractivity (Wildman–Crippen MR) is 113 cm³/mol.